The van der Waals surface area contributed by atoms with E-state index in [0.717, 1.165) is 5.56 Å². The second-order valence-electron chi connectivity index (χ2n) is 3.58. The van der Waals surface area contributed by atoms with Gasteiger partial charge in [-0.15, -0.1) is 0 Å². The maximum atomic E-state index is 11.1. The normalized spacial score (nSPS) is 10.9. The number of furan rings is 1. The minimum atomic E-state index is 0.0316. The molecule has 1 heterocycles. The Morgan fingerprint density at radius 3 is 2.53 bits per heavy atom. The van der Waals surface area contributed by atoms with Crippen LogP contribution >= 0.6 is 0 Å². The van der Waals surface area contributed by atoms with Crippen LogP contribution in [0.2, 0.25) is 0 Å². The number of hydrogen-bond donors (Lipinski definition) is 1. The van der Waals surface area contributed by atoms with Gasteiger partial charge in [0.15, 0.2) is 5.78 Å². The average molecular weight is 229 g/mol. The lowest BCUT2D eigenvalue weighted by Crippen LogP contribution is -1.90. The molecule has 0 aliphatic rings. The maximum absolute atomic E-state index is 11.1. The standard InChI is InChI=1S/C13H11NO3/c1-9(15)10-2-4-11(5-3-10)13-7-6-12(17-13)8-14-16/h2-8,16H,1H3/b14-8+. The third-order valence-corrected chi connectivity index (χ3v) is 2.39. The predicted octanol–water partition coefficient (Wildman–Crippen LogP) is 2.96. The number of nitrogens with zero attached hydrogens (tertiary/aromatic N) is 1. The molecule has 0 aliphatic heterocycles. The fourth-order valence-electron chi connectivity index (χ4n) is 1.50. The number of carbonyl (C=O) groups is 1. The van der Waals surface area contributed by atoms with Gasteiger partial charge < -0.3 is 9.62 Å². The molecule has 0 bridgehead atoms. The van der Waals surface area contributed by atoms with Crippen molar-refractivity contribution in [2.75, 3.05) is 0 Å². The van der Waals surface area contributed by atoms with Crippen LogP contribution in [0, 0.1) is 0 Å². The first-order chi connectivity index (χ1) is 8.20. The van der Waals surface area contributed by atoms with Crippen molar-refractivity contribution in [3.63, 3.8) is 0 Å². The van der Waals surface area contributed by atoms with Gasteiger partial charge in [-0.05, 0) is 19.1 Å². The van der Waals surface area contributed by atoms with Crippen molar-refractivity contribution in [3.05, 3.63) is 47.7 Å². The van der Waals surface area contributed by atoms with Crippen molar-refractivity contribution < 1.29 is 14.4 Å². The van der Waals surface area contributed by atoms with Crippen LogP contribution in [0.4, 0.5) is 0 Å². The number of carbonyl (C=O) groups excluding carboxylic acids is 1. The molecule has 0 spiro atoms. The van der Waals surface area contributed by atoms with Crippen molar-refractivity contribution in [1.29, 1.82) is 0 Å². The summed E-state index contributed by atoms with van der Waals surface area (Å²) >= 11 is 0. The van der Waals surface area contributed by atoms with Crippen molar-refractivity contribution in [2.24, 2.45) is 5.16 Å². The Morgan fingerprint density at radius 2 is 1.94 bits per heavy atom. The topological polar surface area (TPSA) is 62.8 Å². The van der Waals surface area contributed by atoms with Crippen LogP contribution in [0.25, 0.3) is 11.3 Å². The van der Waals surface area contributed by atoms with E-state index >= 15 is 0 Å². The number of oxime groups is 1. The number of hydrogen-bond acceptors (Lipinski definition) is 4. The number of ketones is 1. The van der Waals surface area contributed by atoms with Crippen LogP contribution in [0.1, 0.15) is 23.0 Å². The summed E-state index contributed by atoms with van der Waals surface area (Å²) in [5.74, 6) is 1.16. The summed E-state index contributed by atoms with van der Waals surface area (Å²) < 4.78 is 5.42. The first-order valence-electron chi connectivity index (χ1n) is 5.09. The van der Waals surface area contributed by atoms with Gasteiger partial charge in [0.1, 0.15) is 17.7 Å². The lowest BCUT2D eigenvalue weighted by atomic mass is 10.1. The number of benzene rings is 1. The molecule has 0 amide bonds. The summed E-state index contributed by atoms with van der Waals surface area (Å²) in [6, 6.07) is 10.6. The van der Waals surface area contributed by atoms with E-state index in [-0.39, 0.29) is 5.78 Å². The zero-order chi connectivity index (χ0) is 12.3. The summed E-state index contributed by atoms with van der Waals surface area (Å²) in [4.78, 5) is 11.1. The monoisotopic (exact) mass is 229 g/mol. The quantitative estimate of drug-likeness (QED) is 0.381. The summed E-state index contributed by atoms with van der Waals surface area (Å²) in [5, 5.41) is 11.3. The Morgan fingerprint density at radius 1 is 1.24 bits per heavy atom. The zero-order valence-electron chi connectivity index (χ0n) is 9.25. The minimum absolute atomic E-state index is 0.0316. The Hall–Kier alpha value is -2.36. The van der Waals surface area contributed by atoms with E-state index in [4.69, 9.17) is 9.62 Å². The molecule has 0 radical (unpaired) electrons. The summed E-state index contributed by atoms with van der Waals surface area (Å²) in [7, 11) is 0. The molecule has 1 N–H and O–H groups in total. The fraction of sp³-hybridized carbons (Fsp3) is 0.0769. The number of rotatable bonds is 3. The molecular formula is C13H11NO3. The zero-order valence-corrected chi connectivity index (χ0v) is 9.25. The minimum Gasteiger partial charge on any atom is -0.455 e. The second kappa shape index (κ2) is 4.65. The molecule has 0 aliphatic carbocycles. The van der Waals surface area contributed by atoms with E-state index in [9.17, 15) is 4.79 Å². The lowest BCUT2D eigenvalue weighted by Gasteiger charge is -1.98. The maximum Gasteiger partial charge on any atom is 0.159 e. The first-order valence-corrected chi connectivity index (χ1v) is 5.09. The summed E-state index contributed by atoms with van der Waals surface area (Å²) in [5.41, 5.74) is 1.53. The first kappa shape index (κ1) is 11.1. The molecule has 0 unspecified atom stereocenters. The third-order valence-electron chi connectivity index (χ3n) is 2.39. The predicted molar refractivity (Wildman–Crippen MR) is 63.5 cm³/mol. The molecule has 1 aromatic heterocycles. The molecule has 0 atom stereocenters. The Bertz CT molecular complexity index is 552. The van der Waals surface area contributed by atoms with Gasteiger partial charge in [0.25, 0.3) is 0 Å². The third kappa shape index (κ3) is 2.42. The molecule has 4 heteroatoms. The molecule has 86 valence electrons. The van der Waals surface area contributed by atoms with E-state index in [1.54, 1.807) is 24.3 Å². The smallest absolute Gasteiger partial charge is 0.159 e. The summed E-state index contributed by atoms with van der Waals surface area (Å²) in [6.45, 7) is 1.53. The molecule has 0 saturated carbocycles. The molecule has 0 fully saturated rings. The van der Waals surface area contributed by atoms with Crippen LogP contribution in [-0.2, 0) is 0 Å². The van der Waals surface area contributed by atoms with E-state index < -0.39 is 0 Å². The second-order valence-corrected chi connectivity index (χ2v) is 3.58. The Balaban J connectivity index is 2.29. The molecular weight excluding hydrogens is 218 g/mol. The molecule has 0 saturated heterocycles. The Labute approximate surface area is 98.2 Å². The molecule has 2 rings (SSSR count). The van der Waals surface area contributed by atoms with Gasteiger partial charge in [-0.2, -0.15) is 0 Å². The largest absolute Gasteiger partial charge is 0.455 e. The van der Waals surface area contributed by atoms with Gasteiger partial charge in [-0.3, -0.25) is 4.79 Å². The van der Waals surface area contributed by atoms with Crippen molar-refractivity contribution >= 4 is 12.0 Å². The van der Waals surface area contributed by atoms with Crippen LogP contribution in [0.3, 0.4) is 0 Å². The van der Waals surface area contributed by atoms with Gasteiger partial charge >= 0.3 is 0 Å². The van der Waals surface area contributed by atoms with E-state index in [1.165, 1.54) is 13.1 Å². The molecule has 1 aromatic carbocycles. The van der Waals surface area contributed by atoms with Gasteiger partial charge in [0.05, 0.1) is 0 Å². The van der Waals surface area contributed by atoms with Crippen LogP contribution < -0.4 is 0 Å². The van der Waals surface area contributed by atoms with Crippen LogP contribution in [0.15, 0.2) is 46.0 Å². The van der Waals surface area contributed by atoms with Gasteiger partial charge in [0.2, 0.25) is 0 Å². The van der Waals surface area contributed by atoms with Gasteiger partial charge in [-0.1, -0.05) is 29.4 Å². The van der Waals surface area contributed by atoms with Crippen molar-refractivity contribution in [1.82, 2.24) is 0 Å². The highest BCUT2D eigenvalue weighted by atomic mass is 16.4. The fourth-order valence-corrected chi connectivity index (χ4v) is 1.50. The molecule has 17 heavy (non-hydrogen) atoms. The van der Waals surface area contributed by atoms with Crippen molar-refractivity contribution in [3.8, 4) is 11.3 Å². The number of Topliss-reactive ketones (excluding diaryl/α,β-unsaturated/α-hetero) is 1. The van der Waals surface area contributed by atoms with Gasteiger partial charge in [-0.25, -0.2) is 0 Å². The van der Waals surface area contributed by atoms with E-state index in [1.807, 2.05) is 12.1 Å². The summed E-state index contributed by atoms with van der Waals surface area (Å²) in [6.07, 6.45) is 1.22. The molecule has 2 aromatic rings. The highest BCUT2D eigenvalue weighted by molar-refractivity contribution is 5.94. The van der Waals surface area contributed by atoms with Crippen molar-refractivity contribution in [2.45, 2.75) is 6.92 Å². The average Bonchev–Trinajstić information content (AvgIpc) is 2.78. The van der Waals surface area contributed by atoms with Crippen LogP contribution in [0.5, 0.6) is 0 Å². The highest BCUT2D eigenvalue weighted by Gasteiger charge is 2.04. The highest BCUT2D eigenvalue weighted by Crippen LogP contribution is 2.22. The molecule has 4 nitrogen and oxygen atoms in total. The SMILES string of the molecule is CC(=O)c1ccc(-c2ccc(/C=N/O)o2)cc1. The Kier molecular flexibility index (Phi) is 3.05. The van der Waals surface area contributed by atoms with Crippen LogP contribution in [-0.4, -0.2) is 17.2 Å². The van der Waals surface area contributed by atoms with E-state index in [2.05, 4.69) is 5.16 Å². The lowest BCUT2D eigenvalue weighted by molar-refractivity contribution is 0.101. The van der Waals surface area contributed by atoms with Gasteiger partial charge in [0, 0.05) is 11.1 Å². The van der Waals surface area contributed by atoms with E-state index in [0.29, 0.717) is 17.1 Å².